The average molecular weight is 429 g/mol. The van der Waals surface area contributed by atoms with Gasteiger partial charge >= 0.3 is 151 Å². The maximum absolute atomic E-state index is 10.1. The minimum atomic E-state index is -2.38. The Morgan fingerprint density at radius 1 is 0.783 bits per heavy atom. The Labute approximate surface area is 150 Å². The normalized spacial score (nSPS) is 13.2. The first-order chi connectivity index (χ1) is 11.2. The van der Waals surface area contributed by atoms with Crippen LogP contribution in [0.2, 0.25) is 13.3 Å². The molecule has 0 spiro atoms. The third kappa shape index (κ3) is 9.96. The summed E-state index contributed by atoms with van der Waals surface area (Å²) in [6, 6.07) is 0. The number of aliphatic hydroxyl groups excluding tert-OH is 1. The fourth-order valence-electron chi connectivity index (χ4n) is 3.40. The number of unbranched alkanes of at least 4 members (excludes halogenated alkanes) is 5. The molecule has 0 aliphatic rings. The van der Waals surface area contributed by atoms with Gasteiger partial charge in [0.15, 0.2) is 0 Å². The van der Waals surface area contributed by atoms with E-state index in [4.69, 9.17) is 0 Å². The SMILES string of the molecule is CCCCC=CC=[C](CO)[Sn]([CH2]CCC)([CH2]CCC)[CH2]CCC. The van der Waals surface area contributed by atoms with Gasteiger partial charge in [-0.25, -0.2) is 0 Å². The summed E-state index contributed by atoms with van der Waals surface area (Å²) < 4.78 is 5.82. The summed E-state index contributed by atoms with van der Waals surface area (Å²) in [5, 5.41) is 10.1. The molecule has 0 unspecified atom stereocenters. The second-order valence-corrected chi connectivity index (χ2v) is 20.4. The number of rotatable bonds is 15. The van der Waals surface area contributed by atoms with E-state index in [1.165, 1.54) is 74.7 Å². The summed E-state index contributed by atoms with van der Waals surface area (Å²) in [4.78, 5) is 0. The van der Waals surface area contributed by atoms with E-state index < -0.39 is 18.4 Å². The van der Waals surface area contributed by atoms with Crippen molar-refractivity contribution in [3.05, 3.63) is 21.8 Å². The van der Waals surface area contributed by atoms with E-state index in [1.807, 2.05) is 0 Å². The van der Waals surface area contributed by atoms with E-state index in [-0.39, 0.29) is 0 Å². The Bertz CT molecular complexity index is 298. The number of hydrogen-bond acceptors (Lipinski definition) is 1. The van der Waals surface area contributed by atoms with Crippen LogP contribution in [0.15, 0.2) is 21.8 Å². The quantitative estimate of drug-likeness (QED) is 0.168. The monoisotopic (exact) mass is 430 g/mol. The van der Waals surface area contributed by atoms with Crippen molar-refractivity contribution in [2.75, 3.05) is 6.61 Å². The molecule has 0 saturated heterocycles. The van der Waals surface area contributed by atoms with Gasteiger partial charge in [-0.3, -0.25) is 0 Å². The molecule has 0 saturated carbocycles. The first-order valence-electron chi connectivity index (χ1n) is 10.2. The Hall–Kier alpha value is 0.239. The van der Waals surface area contributed by atoms with Gasteiger partial charge in [0.25, 0.3) is 0 Å². The predicted octanol–water partition coefficient (Wildman–Crippen LogP) is 7.04. The molecule has 0 amide bonds. The zero-order valence-corrected chi connectivity index (χ0v) is 19.2. The summed E-state index contributed by atoms with van der Waals surface area (Å²) in [6.07, 6.45) is 18.5. The molecule has 0 rings (SSSR count). The molecule has 0 aliphatic heterocycles. The van der Waals surface area contributed by atoms with Crippen molar-refractivity contribution < 1.29 is 5.11 Å². The first kappa shape index (κ1) is 23.2. The zero-order chi connectivity index (χ0) is 17.4. The van der Waals surface area contributed by atoms with Crippen LogP contribution in [0.1, 0.15) is 85.5 Å². The van der Waals surface area contributed by atoms with Crippen LogP contribution in [0, 0.1) is 0 Å². The standard InChI is InChI=1S/C9H15O.3C4H9.Sn/c1-2-3-4-5-6-7-8-9-10;3*1-3-4-2;/h5-7,10H,2-4,9H2,1H3;3*1,3-4H2,2H3;. The molecular weight excluding hydrogens is 387 g/mol. The van der Waals surface area contributed by atoms with Crippen molar-refractivity contribution in [1.29, 1.82) is 0 Å². The molecule has 0 atom stereocenters. The molecule has 23 heavy (non-hydrogen) atoms. The van der Waals surface area contributed by atoms with Crippen LogP contribution in [0.4, 0.5) is 0 Å². The fourth-order valence-corrected chi connectivity index (χ4v) is 19.4. The van der Waals surface area contributed by atoms with Crippen LogP contribution in [-0.4, -0.2) is 30.1 Å². The van der Waals surface area contributed by atoms with Crippen LogP contribution in [-0.2, 0) is 0 Å². The summed E-state index contributed by atoms with van der Waals surface area (Å²) in [7, 11) is 0. The van der Waals surface area contributed by atoms with Gasteiger partial charge in [-0.15, -0.1) is 0 Å². The van der Waals surface area contributed by atoms with Crippen molar-refractivity contribution in [2.45, 2.75) is 98.8 Å². The molecule has 136 valence electrons. The van der Waals surface area contributed by atoms with Crippen LogP contribution in [0.25, 0.3) is 0 Å². The minimum absolute atomic E-state index is 0.311. The second kappa shape index (κ2) is 15.7. The van der Waals surface area contributed by atoms with Crippen molar-refractivity contribution in [2.24, 2.45) is 0 Å². The Balaban J connectivity index is 5.24. The Kier molecular flexibility index (Phi) is 15.9. The van der Waals surface area contributed by atoms with Crippen LogP contribution in [0.3, 0.4) is 0 Å². The van der Waals surface area contributed by atoms with E-state index in [0.29, 0.717) is 6.61 Å². The Morgan fingerprint density at radius 2 is 1.26 bits per heavy atom. The molecular formula is C21H42OSn. The van der Waals surface area contributed by atoms with E-state index >= 15 is 0 Å². The summed E-state index contributed by atoms with van der Waals surface area (Å²) in [6.45, 7) is 9.48. The molecule has 0 bridgehead atoms. The van der Waals surface area contributed by atoms with Gasteiger partial charge in [0.05, 0.1) is 0 Å². The summed E-state index contributed by atoms with van der Waals surface area (Å²) in [5.74, 6) is 0. The second-order valence-electron chi connectivity index (χ2n) is 7.01. The van der Waals surface area contributed by atoms with Gasteiger partial charge in [-0.2, -0.15) is 0 Å². The van der Waals surface area contributed by atoms with Gasteiger partial charge in [-0.05, 0) is 0 Å². The summed E-state index contributed by atoms with van der Waals surface area (Å²) in [5.41, 5.74) is 0. The predicted molar refractivity (Wildman–Crippen MR) is 109 cm³/mol. The molecule has 0 fully saturated rings. The molecule has 2 heteroatoms. The molecule has 0 aromatic carbocycles. The third-order valence-electron chi connectivity index (χ3n) is 5.04. The molecule has 1 N–H and O–H groups in total. The molecule has 0 aromatic heterocycles. The van der Waals surface area contributed by atoms with Gasteiger partial charge < -0.3 is 0 Å². The fraction of sp³-hybridized carbons (Fsp3) is 0.810. The molecule has 1 nitrogen and oxygen atoms in total. The number of allylic oxidation sites excluding steroid dienone is 3. The van der Waals surface area contributed by atoms with Crippen molar-refractivity contribution in [3.63, 3.8) is 0 Å². The third-order valence-corrected chi connectivity index (χ3v) is 21.1. The maximum atomic E-state index is 10.1. The van der Waals surface area contributed by atoms with Crippen LogP contribution in [0.5, 0.6) is 0 Å². The topological polar surface area (TPSA) is 20.2 Å². The van der Waals surface area contributed by atoms with E-state index in [2.05, 4.69) is 45.9 Å². The van der Waals surface area contributed by atoms with Gasteiger partial charge in [-0.1, -0.05) is 0 Å². The van der Waals surface area contributed by atoms with E-state index in [0.717, 1.165) is 0 Å². The zero-order valence-electron chi connectivity index (χ0n) is 16.4. The first-order valence-corrected chi connectivity index (χ1v) is 17.7. The number of aliphatic hydroxyl groups is 1. The van der Waals surface area contributed by atoms with E-state index in [1.54, 1.807) is 0 Å². The summed E-state index contributed by atoms with van der Waals surface area (Å²) >= 11 is -2.38. The van der Waals surface area contributed by atoms with Gasteiger partial charge in [0.1, 0.15) is 0 Å². The van der Waals surface area contributed by atoms with Crippen molar-refractivity contribution >= 4 is 18.4 Å². The van der Waals surface area contributed by atoms with Crippen LogP contribution < -0.4 is 0 Å². The number of hydrogen-bond donors (Lipinski definition) is 1. The van der Waals surface area contributed by atoms with Crippen molar-refractivity contribution in [1.82, 2.24) is 0 Å². The molecule has 0 aliphatic carbocycles. The molecule has 0 aromatic rings. The van der Waals surface area contributed by atoms with Crippen LogP contribution >= 0.6 is 0 Å². The molecule has 0 heterocycles. The van der Waals surface area contributed by atoms with E-state index in [9.17, 15) is 5.11 Å². The molecule has 0 radical (unpaired) electrons. The van der Waals surface area contributed by atoms with Gasteiger partial charge in [0.2, 0.25) is 0 Å². The Morgan fingerprint density at radius 3 is 1.65 bits per heavy atom. The van der Waals surface area contributed by atoms with Crippen molar-refractivity contribution in [3.8, 4) is 0 Å². The average Bonchev–Trinajstić information content (AvgIpc) is 2.58. The van der Waals surface area contributed by atoms with Gasteiger partial charge in [0, 0.05) is 0 Å².